The summed E-state index contributed by atoms with van der Waals surface area (Å²) in [7, 11) is 3.95. The number of rotatable bonds is 4. The van der Waals surface area contributed by atoms with Crippen molar-refractivity contribution in [2.75, 3.05) is 25.5 Å². The highest BCUT2D eigenvalue weighted by Gasteiger charge is 2.37. The number of aromatic nitrogens is 3. The van der Waals surface area contributed by atoms with Crippen LogP contribution in [0.4, 0.5) is 5.82 Å². The van der Waals surface area contributed by atoms with Gasteiger partial charge in [0.25, 0.3) is 0 Å². The quantitative estimate of drug-likeness (QED) is 0.865. The van der Waals surface area contributed by atoms with Crippen molar-refractivity contribution in [3.8, 4) is 11.4 Å². The molecule has 1 aliphatic carbocycles. The van der Waals surface area contributed by atoms with Crippen LogP contribution in [0.5, 0.6) is 0 Å². The van der Waals surface area contributed by atoms with Crippen LogP contribution in [0.15, 0.2) is 22.9 Å². The summed E-state index contributed by atoms with van der Waals surface area (Å²) in [6.07, 6.45) is 8.13. The first-order chi connectivity index (χ1) is 11.2. The highest BCUT2D eigenvalue weighted by atomic mass is 16.5. The van der Waals surface area contributed by atoms with Gasteiger partial charge < -0.3 is 9.42 Å². The molecule has 0 amide bonds. The Labute approximate surface area is 136 Å². The van der Waals surface area contributed by atoms with Gasteiger partial charge in [-0.15, -0.1) is 0 Å². The minimum Gasteiger partial charge on any atom is -0.363 e. The van der Waals surface area contributed by atoms with Crippen molar-refractivity contribution in [1.82, 2.24) is 20.0 Å². The van der Waals surface area contributed by atoms with Gasteiger partial charge in [-0.3, -0.25) is 4.90 Å². The molecule has 2 fully saturated rings. The van der Waals surface area contributed by atoms with E-state index < -0.39 is 0 Å². The van der Waals surface area contributed by atoms with E-state index in [-0.39, 0.29) is 0 Å². The summed E-state index contributed by atoms with van der Waals surface area (Å²) in [6.45, 7) is 1.16. The van der Waals surface area contributed by atoms with Crippen LogP contribution in [0, 0.1) is 0 Å². The third-order valence-electron chi connectivity index (χ3n) is 5.03. The molecule has 4 rings (SSSR count). The Hall–Kier alpha value is -1.95. The first-order valence-corrected chi connectivity index (χ1v) is 8.45. The number of nitrogens with zero attached hydrogens (tertiary/aromatic N) is 5. The Kier molecular flexibility index (Phi) is 3.77. The topological polar surface area (TPSA) is 58.3 Å². The van der Waals surface area contributed by atoms with Crippen LogP contribution in [0.2, 0.25) is 0 Å². The molecule has 0 N–H and O–H groups in total. The monoisotopic (exact) mass is 313 g/mol. The fraction of sp³-hybridized carbons (Fsp3) is 0.588. The van der Waals surface area contributed by atoms with Gasteiger partial charge in [-0.05, 0) is 44.4 Å². The minimum absolute atomic E-state index is 0.301. The second-order valence-corrected chi connectivity index (χ2v) is 6.74. The molecule has 1 saturated heterocycles. The van der Waals surface area contributed by atoms with E-state index >= 15 is 0 Å². The van der Waals surface area contributed by atoms with Gasteiger partial charge in [0.05, 0.1) is 6.04 Å². The van der Waals surface area contributed by atoms with Crippen molar-refractivity contribution in [2.45, 2.75) is 44.2 Å². The normalized spacial score (nSPS) is 22.3. The SMILES string of the molecule is CN(C)c1ccc(-c2noc([C@@H]3CCCN3C3CCC3)n2)cn1. The second kappa shape index (κ2) is 5.92. The molecule has 0 aromatic carbocycles. The third-order valence-corrected chi connectivity index (χ3v) is 5.03. The van der Waals surface area contributed by atoms with E-state index in [2.05, 4.69) is 20.0 Å². The zero-order chi connectivity index (χ0) is 15.8. The second-order valence-electron chi connectivity index (χ2n) is 6.74. The Balaban J connectivity index is 1.54. The van der Waals surface area contributed by atoms with E-state index in [0.29, 0.717) is 11.9 Å². The van der Waals surface area contributed by atoms with E-state index in [1.807, 2.05) is 37.3 Å². The molecule has 0 radical (unpaired) electrons. The van der Waals surface area contributed by atoms with Gasteiger partial charge in [0, 0.05) is 31.9 Å². The lowest BCUT2D eigenvalue weighted by atomic mass is 9.91. The average Bonchev–Trinajstić information content (AvgIpc) is 3.14. The molecular weight excluding hydrogens is 290 g/mol. The number of likely N-dealkylation sites (tertiary alicyclic amines) is 1. The number of pyridine rings is 1. The van der Waals surface area contributed by atoms with Crippen molar-refractivity contribution < 1.29 is 4.52 Å². The van der Waals surface area contributed by atoms with Gasteiger partial charge >= 0.3 is 0 Å². The Bertz CT molecular complexity index is 662. The third kappa shape index (κ3) is 2.72. The molecule has 0 spiro atoms. The first kappa shape index (κ1) is 14.6. The van der Waals surface area contributed by atoms with Gasteiger partial charge in [0.2, 0.25) is 11.7 Å². The summed E-state index contributed by atoms with van der Waals surface area (Å²) < 4.78 is 5.59. The molecule has 122 valence electrons. The number of hydrogen-bond acceptors (Lipinski definition) is 6. The summed E-state index contributed by atoms with van der Waals surface area (Å²) in [6, 6.07) is 4.99. The zero-order valence-electron chi connectivity index (χ0n) is 13.8. The lowest BCUT2D eigenvalue weighted by Crippen LogP contribution is -2.39. The van der Waals surface area contributed by atoms with E-state index in [9.17, 15) is 0 Å². The van der Waals surface area contributed by atoms with Gasteiger partial charge in [0.1, 0.15) is 5.82 Å². The Morgan fingerprint density at radius 3 is 2.70 bits per heavy atom. The summed E-state index contributed by atoms with van der Waals surface area (Å²) >= 11 is 0. The molecule has 23 heavy (non-hydrogen) atoms. The summed E-state index contributed by atoms with van der Waals surface area (Å²) in [5, 5.41) is 4.18. The van der Waals surface area contributed by atoms with E-state index in [4.69, 9.17) is 4.52 Å². The van der Waals surface area contributed by atoms with E-state index in [1.54, 1.807) is 0 Å². The molecule has 6 nitrogen and oxygen atoms in total. The predicted octanol–water partition coefficient (Wildman–Crippen LogP) is 2.89. The molecule has 1 saturated carbocycles. The van der Waals surface area contributed by atoms with Crippen LogP contribution in [-0.4, -0.2) is 46.7 Å². The van der Waals surface area contributed by atoms with Crippen molar-refractivity contribution in [3.05, 3.63) is 24.2 Å². The van der Waals surface area contributed by atoms with E-state index in [0.717, 1.165) is 36.3 Å². The highest BCUT2D eigenvalue weighted by molar-refractivity contribution is 5.55. The van der Waals surface area contributed by atoms with Crippen molar-refractivity contribution in [3.63, 3.8) is 0 Å². The molecule has 3 heterocycles. The first-order valence-electron chi connectivity index (χ1n) is 8.45. The lowest BCUT2D eigenvalue weighted by Gasteiger charge is -2.37. The fourth-order valence-electron chi connectivity index (χ4n) is 3.48. The lowest BCUT2D eigenvalue weighted by molar-refractivity contribution is 0.0966. The van der Waals surface area contributed by atoms with Gasteiger partial charge in [-0.1, -0.05) is 11.6 Å². The molecule has 2 aromatic rings. The largest absolute Gasteiger partial charge is 0.363 e. The van der Waals surface area contributed by atoms with Gasteiger partial charge in [-0.25, -0.2) is 4.98 Å². The molecule has 1 aliphatic heterocycles. The average molecular weight is 313 g/mol. The molecule has 0 unspecified atom stereocenters. The van der Waals surface area contributed by atoms with Crippen molar-refractivity contribution in [2.24, 2.45) is 0 Å². The molecule has 1 atom stereocenters. The molecule has 2 aliphatic rings. The van der Waals surface area contributed by atoms with Crippen LogP contribution in [-0.2, 0) is 0 Å². The van der Waals surface area contributed by atoms with Gasteiger partial charge in [-0.2, -0.15) is 4.98 Å². The smallest absolute Gasteiger partial charge is 0.244 e. The van der Waals surface area contributed by atoms with Crippen LogP contribution >= 0.6 is 0 Å². The molecular formula is C17H23N5O. The maximum absolute atomic E-state index is 5.59. The molecule has 0 bridgehead atoms. The highest BCUT2D eigenvalue weighted by Crippen LogP contribution is 2.38. The van der Waals surface area contributed by atoms with Crippen LogP contribution < -0.4 is 4.90 Å². The number of hydrogen-bond donors (Lipinski definition) is 0. The Morgan fingerprint density at radius 1 is 1.17 bits per heavy atom. The molecule has 6 heteroatoms. The van der Waals surface area contributed by atoms with Crippen molar-refractivity contribution in [1.29, 1.82) is 0 Å². The van der Waals surface area contributed by atoms with Crippen molar-refractivity contribution >= 4 is 5.82 Å². The summed E-state index contributed by atoms with van der Waals surface area (Å²) in [5.41, 5.74) is 0.902. The van der Waals surface area contributed by atoms with Gasteiger partial charge in [0.15, 0.2) is 0 Å². The zero-order valence-corrected chi connectivity index (χ0v) is 13.8. The fourth-order valence-corrected chi connectivity index (χ4v) is 3.48. The van der Waals surface area contributed by atoms with Crippen LogP contribution in [0.25, 0.3) is 11.4 Å². The summed E-state index contributed by atoms with van der Waals surface area (Å²) in [5.74, 6) is 2.32. The number of anilines is 1. The van der Waals surface area contributed by atoms with Crippen LogP contribution in [0.3, 0.4) is 0 Å². The van der Waals surface area contributed by atoms with Crippen LogP contribution in [0.1, 0.15) is 44.0 Å². The maximum atomic E-state index is 5.59. The molecule has 2 aromatic heterocycles. The standard InChI is InChI=1S/C17H23N5O/c1-21(2)15-9-8-12(11-18-15)16-19-17(23-20-16)14-7-4-10-22(14)13-5-3-6-13/h8-9,11,13-14H,3-7,10H2,1-2H3/t14-/m0/s1. The predicted molar refractivity (Wildman–Crippen MR) is 88.2 cm³/mol. The Morgan fingerprint density at radius 2 is 2.04 bits per heavy atom. The summed E-state index contributed by atoms with van der Waals surface area (Å²) in [4.78, 5) is 13.6. The maximum Gasteiger partial charge on any atom is 0.244 e. The van der Waals surface area contributed by atoms with E-state index in [1.165, 1.54) is 25.7 Å². The minimum atomic E-state index is 0.301.